The molecule has 32 heavy (non-hydrogen) atoms. The van der Waals surface area contributed by atoms with Crippen molar-refractivity contribution in [3.05, 3.63) is 34.4 Å². The van der Waals surface area contributed by atoms with Crippen molar-refractivity contribution in [1.29, 1.82) is 0 Å². The Morgan fingerprint density at radius 1 is 0.812 bits per heavy atom. The molecule has 0 radical (unpaired) electrons. The molecular formula is C18H25NO13. The first kappa shape index (κ1) is 24.7. The number of non-ortho nitro benzene ring substituents is 1. The van der Waals surface area contributed by atoms with Gasteiger partial charge in [-0.1, -0.05) is 0 Å². The van der Waals surface area contributed by atoms with Gasteiger partial charge in [0, 0.05) is 12.1 Å². The van der Waals surface area contributed by atoms with E-state index in [9.17, 15) is 45.9 Å². The van der Waals surface area contributed by atoms with Gasteiger partial charge in [-0.15, -0.1) is 0 Å². The Bertz CT molecular complexity index is 762. The second kappa shape index (κ2) is 10.3. The zero-order chi connectivity index (χ0) is 23.6. The summed E-state index contributed by atoms with van der Waals surface area (Å²) in [6.07, 6.45) is -15.8. The molecule has 1 aromatic carbocycles. The van der Waals surface area contributed by atoms with Crippen LogP contribution in [0.5, 0.6) is 5.75 Å². The van der Waals surface area contributed by atoms with Crippen molar-refractivity contribution in [3.63, 3.8) is 0 Å². The molecule has 0 amide bonds. The predicted molar refractivity (Wildman–Crippen MR) is 100 cm³/mol. The number of rotatable bonds is 7. The fraction of sp³-hybridized carbons (Fsp3) is 0.667. The number of aliphatic hydroxyl groups excluding tert-OH is 7. The van der Waals surface area contributed by atoms with Gasteiger partial charge < -0.3 is 54.7 Å². The smallest absolute Gasteiger partial charge is 0.269 e. The molecule has 2 heterocycles. The molecule has 0 spiro atoms. The maximum atomic E-state index is 10.8. The first-order chi connectivity index (χ1) is 15.2. The van der Waals surface area contributed by atoms with Gasteiger partial charge in [0.1, 0.15) is 48.5 Å². The molecule has 1 aromatic rings. The van der Waals surface area contributed by atoms with Crippen molar-refractivity contribution >= 4 is 5.69 Å². The van der Waals surface area contributed by atoms with Crippen molar-refractivity contribution in [2.45, 2.75) is 61.4 Å². The Kier molecular flexibility index (Phi) is 7.94. The predicted octanol–water partition coefficient (Wildman–Crippen LogP) is -3.40. The summed E-state index contributed by atoms with van der Waals surface area (Å²) in [4.78, 5) is 10.2. The summed E-state index contributed by atoms with van der Waals surface area (Å²) in [6, 6.07) is 4.80. The Balaban J connectivity index is 1.81. The normalized spacial score (nSPS) is 40.1. The molecule has 0 aromatic heterocycles. The quantitative estimate of drug-likeness (QED) is 0.155. The molecule has 0 unspecified atom stereocenters. The van der Waals surface area contributed by atoms with Crippen molar-refractivity contribution in [2.75, 3.05) is 13.2 Å². The number of hydrogen-bond acceptors (Lipinski definition) is 13. The van der Waals surface area contributed by atoms with E-state index in [0.29, 0.717) is 0 Å². The average molecular weight is 463 g/mol. The van der Waals surface area contributed by atoms with Crippen LogP contribution >= 0.6 is 0 Å². The van der Waals surface area contributed by atoms with Gasteiger partial charge in [0.25, 0.3) is 5.69 Å². The van der Waals surface area contributed by atoms with Crippen LogP contribution in [0, 0.1) is 10.1 Å². The lowest BCUT2D eigenvalue weighted by Gasteiger charge is -2.45. The minimum atomic E-state index is -1.80. The minimum Gasteiger partial charge on any atom is -0.462 e. The van der Waals surface area contributed by atoms with E-state index in [0.717, 1.165) is 12.1 Å². The largest absolute Gasteiger partial charge is 0.462 e. The van der Waals surface area contributed by atoms with Crippen LogP contribution in [-0.2, 0) is 14.2 Å². The van der Waals surface area contributed by atoms with E-state index in [2.05, 4.69) is 0 Å². The van der Waals surface area contributed by atoms with Crippen molar-refractivity contribution < 1.29 is 59.6 Å². The van der Waals surface area contributed by atoms with Crippen LogP contribution in [0.1, 0.15) is 0 Å². The summed E-state index contributed by atoms with van der Waals surface area (Å²) in [5, 5.41) is 80.3. The minimum absolute atomic E-state index is 0.0586. The second-order valence-corrected chi connectivity index (χ2v) is 7.37. The number of nitro groups is 1. The molecule has 0 aliphatic carbocycles. The monoisotopic (exact) mass is 463 g/mol. The fourth-order valence-electron chi connectivity index (χ4n) is 3.41. The van der Waals surface area contributed by atoms with Gasteiger partial charge in [-0.05, 0) is 12.1 Å². The van der Waals surface area contributed by atoms with Crippen molar-refractivity contribution in [3.8, 4) is 5.75 Å². The van der Waals surface area contributed by atoms with Gasteiger partial charge in [0.05, 0.1) is 18.1 Å². The molecule has 0 bridgehead atoms. The summed E-state index contributed by atoms with van der Waals surface area (Å²) in [6.45, 7) is -1.41. The van der Waals surface area contributed by atoms with E-state index in [-0.39, 0.29) is 11.4 Å². The molecule has 14 heteroatoms. The van der Waals surface area contributed by atoms with Crippen LogP contribution in [0.25, 0.3) is 0 Å². The van der Waals surface area contributed by atoms with E-state index >= 15 is 0 Å². The number of aliphatic hydroxyl groups is 7. The van der Waals surface area contributed by atoms with Gasteiger partial charge in [0.15, 0.2) is 12.4 Å². The van der Waals surface area contributed by atoms with E-state index in [1.54, 1.807) is 0 Å². The van der Waals surface area contributed by atoms with Crippen LogP contribution in [0.4, 0.5) is 5.69 Å². The summed E-state index contributed by atoms with van der Waals surface area (Å²) in [7, 11) is 0. The third kappa shape index (κ3) is 4.99. The Hall–Kier alpha value is -1.98. The highest BCUT2D eigenvalue weighted by Gasteiger charge is 2.51. The number of nitrogens with zero attached hydrogens (tertiary/aromatic N) is 1. The van der Waals surface area contributed by atoms with Gasteiger partial charge >= 0.3 is 0 Å². The third-order valence-corrected chi connectivity index (χ3v) is 5.26. The molecule has 7 N–H and O–H groups in total. The molecule has 2 fully saturated rings. The molecule has 2 saturated heterocycles. The van der Waals surface area contributed by atoms with Crippen LogP contribution in [0.3, 0.4) is 0 Å². The molecular weight excluding hydrogens is 438 g/mol. The van der Waals surface area contributed by atoms with Gasteiger partial charge in [-0.3, -0.25) is 10.1 Å². The molecule has 14 nitrogen and oxygen atoms in total. The maximum Gasteiger partial charge on any atom is 0.269 e. The number of benzene rings is 1. The molecule has 180 valence electrons. The zero-order valence-corrected chi connectivity index (χ0v) is 16.5. The lowest BCUT2D eigenvalue weighted by atomic mass is 9.97. The highest BCUT2D eigenvalue weighted by molar-refractivity contribution is 5.36. The van der Waals surface area contributed by atoms with Crippen LogP contribution in [0.2, 0.25) is 0 Å². The molecule has 3 rings (SSSR count). The van der Waals surface area contributed by atoms with E-state index < -0.39 is 79.5 Å². The zero-order valence-electron chi connectivity index (χ0n) is 16.5. The second-order valence-electron chi connectivity index (χ2n) is 7.37. The first-order valence-electron chi connectivity index (χ1n) is 9.67. The molecule has 2 aliphatic rings. The van der Waals surface area contributed by atoms with Gasteiger partial charge in [0.2, 0.25) is 6.29 Å². The molecule has 2 aliphatic heterocycles. The Morgan fingerprint density at radius 2 is 1.34 bits per heavy atom. The summed E-state index contributed by atoms with van der Waals surface area (Å²) >= 11 is 0. The SMILES string of the molecule is O=[N+]([O-])c1ccc(O[C@@H]2O[C@H](CO)[C@@H](O)[C@H](O)[C@H]2O[C@H]2O[C@H](CO)[C@@H](O)[C@H](O)[C@@H]2O)cc1. The third-order valence-electron chi connectivity index (χ3n) is 5.26. The number of ether oxygens (including phenoxy) is 4. The van der Waals surface area contributed by atoms with Crippen LogP contribution in [-0.4, -0.2) is 115 Å². The van der Waals surface area contributed by atoms with Crippen molar-refractivity contribution in [2.24, 2.45) is 0 Å². The topological polar surface area (TPSA) is 222 Å². The summed E-state index contributed by atoms with van der Waals surface area (Å²) < 4.78 is 21.8. The maximum absolute atomic E-state index is 10.8. The summed E-state index contributed by atoms with van der Waals surface area (Å²) in [5.74, 6) is 0.0586. The summed E-state index contributed by atoms with van der Waals surface area (Å²) in [5.41, 5.74) is -0.209. The van der Waals surface area contributed by atoms with Crippen LogP contribution < -0.4 is 4.74 Å². The molecule has 10 atom stereocenters. The van der Waals surface area contributed by atoms with Crippen LogP contribution in [0.15, 0.2) is 24.3 Å². The number of nitro benzene ring substituents is 1. The molecule has 0 saturated carbocycles. The van der Waals surface area contributed by atoms with Gasteiger partial charge in [-0.25, -0.2) is 0 Å². The van der Waals surface area contributed by atoms with Gasteiger partial charge in [-0.2, -0.15) is 0 Å². The van der Waals surface area contributed by atoms with E-state index in [1.807, 2.05) is 0 Å². The average Bonchev–Trinajstić information content (AvgIpc) is 2.78. The lowest BCUT2D eigenvalue weighted by Crippen LogP contribution is -2.65. The van der Waals surface area contributed by atoms with E-state index in [4.69, 9.17) is 18.9 Å². The Labute approximate surface area is 180 Å². The fourth-order valence-corrected chi connectivity index (χ4v) is 3.41. The lowest BCUT2D eigenvalue weighted by molar-refractivity contribution is -0.384. The number of hydrogen-bond donors (Lipinski definition) is 7. The Morgan fingerprint density at radius 3 is 1.88 bits per heavy atom. The van der Waals surface area contributed by atoms with Crippen molar-refractivity contribution in [1.82, 2.24) is 0 Å². The first-order valence-corrected chi connectivity index (χ1v) is 9.67. The van der Waals surface area contributed by atoms with E-state index in [1.165, 1.54) is 12.1 Å². The standard InChI is InChI=1S/C18H25NO13/c20-5-9-11(22)13(24)15(26)17(30-9)32-16-14(25)12(23)10(6-21)31-18(16)29-8-3-1-7(2-4-8)19(27)28/h1-4,9-18,20-26H,5-6H2/t9-,10-,11-,12-,13+,14+,15+,16-,17-,18-/m1/s1. The highest BCUT2D eigenvalue weighted by Crippen LogP contribution is 2.31. The highest BCUT2D eigenvalue weighted by atomic mass is 16.8.